The number of nitrogens with zero attached hydrogens (tertiary/aromatic N) is 1. The fourth-order valence-corrected chi connectivity index (χ4v) is 3.24. The van der Waals surface area contributed by atoms with E-state index in [-0.39, 0.29) is 11.5 Å². The second-order valence-corrected chi connectivity index (χ2v) is 7.81. The Morgan fingerprint density at radius 1 is 0.906 bits per heavy atom. The quantitative estimate of drug-likeness (QED) is 0.121. The molecule has 2 aromatic rings. The van der Waals surface area contributed by atoms with E-state index >= 15 is 0 Å². The largest absolute Gasteiger partial charge is 0.423 e. The molecule has 2 aromatic carbocycles. The number of ether oxygens (including phenoxy) is 1. The van der Waals surface area contributed by atoms with E-state index in [0.29, 0.717) is 12.2 Å². The summed E-state index contributed by atoms with van der Waals surface area (Å²) in [6.45, 7) is 2.22. The first-order valence-electron chi connectivity index (χ1n) is 11.5. The average molecular weight is 441 g/mol. The van der Waals surface area contributed by atoms with Crippen molar-refractivity contribution in [1.82, 2.24) is 5.43 Å². The first-order valence-corrected chi connectivity index (χ1v) is 11.5. The zero-order chi connectivity index (χ0) is 23.0. The second-order valence-electron chi connectivity index (χ2n) is 7.81. The van der Waals surface area contributed by atoms with Crippen molar-refractivity contribution >= 4 is 18.1 Å². The number of carbonyl (C=O) groups excluding carboxylic acids is 2. The standard InChI is InChI=1S/C26H33FN2O3/c1-2-3-4-5-6-7-8-9-10-15-25(30)29-28-20-21-16-18-22(19-17-21)32-26(31)23-13-11-12-14-24(23)27/h11-14,16-20H,2-10,15H2,1H3,(H,29,30). The lowest BCUT2D eigenvalue weighted by molar-refractivity contribution is -0.121. The fraction of sp³-hybridized carbons (Fsp3) is 0.423. The minimum Gasteiger partial charge on any atom is -0.423 e. The van der Waals surface area contributed by atoms with Gasteiger partial charge in [0.05, 0.1) is 11.8 Å². The highest BCUT2D eigenvalue weighted by molar-refractivity contribution is 5.91. The van der Waals surface area contributed by atoms with Crippen LogP contribution in [0.4, 0.5) is 4.39 Å². The molecule has 5 nitrogen and oxygen atoms in total. The number of nitrogens with one attached hydrogen (secondary N) is 1. The number of hydrogen-bond acceptors (Lipinski definition) is 4. The van der Waals surface area contributed by atoms with E-state index in [4.69, 9.17) is 4.74 Å². The molecule has 32 heavy (non-hydrogen) atoms. The first-order chi connectivity index (χ1) is 15.6. The number of hydrogen-bond donors (Lipinski definition) is 1. The highest BCUT2D eigenvalue weighted by atomic mass is 19.1. The van der Waals surface area contributed by atoms with Crippen LogP contribution in [0.5, 0.6) is 5.75 Å². The van der Waals surface area contributed by atoms with Crippen molar-refractivity contribution < 1.29 is 18.7 Å². The van der Waals surface area contributed by atoms with Crippen LogP contribution < -0.4 is 10.2 Å². The minimum atomic E-state index is -0.756. The predicted molar refractivity (Wildman–Crippen MR) is 125 cm³/mol. The molecule has 0 aliphatic heterocycles. The molecule has 0 aliphatic carbocycles. The first kappa shape index (κ1) is 25.2. The van der Waals surface area contributed by atoms with Gasteiger partial charge in [0.15, 0.2) is 0 Å². The van der Waals surface area contributed by atoms with Gasteiger partial charge < -0.3 is 4.74 Å². The summed E-state index contributed by atoms with van der Waals surface area (Å²) in [6, 6.07) is 12.2. The highest BCUT2D eigenvalue weighted by Crippen LogP contribution is 2.15. The Balaban J connectivity index is 1.63. The molecule has 0 fully saturated rings. The van der Waals surface area contributed by atoms with Gasteiger partial charge in [-0.25, -0.2) is 14.6 Å². The van der Waals surface area contributed by atoms with Crippen molar-refractivity contribution in [2.24, 2.45) is 5.10 Å². The van der Waals surface area contributed by atoms with Crippen LogP contribution in [0.2, 0.25) is 0 Å². The number of amides is 1. The number of esters is 1. The molecule has 1 amide bonds. The van der Waals surface area contributed by atoms with E-state index in [2.05, 4.69) is 17.5 Å². The van der Waals surface area contributed by atoms with Crippen LogP contribution in [0, 0.1) is 5.82 Å². The van der Waals surface area contributed by atoms with Gasteiger partial charge in [-0.3, -0.25) is 4.79 Å². The summed E-state index contributed by atoms with van der Waals surface area (Å²) in [7, 11) is 0. The molecule has 172 valence electrons. The normalized spacial score (nSPS) is 10.9. The van der Waals surface area contributed by atoms with Gasteiger partial charge in [-0.15, -0.1) is 0 Å². The maximum Gasteiger partial charge on any atom is 0.346 e. The van der Waals surface area contributed by atoms with Crippen molar-refractivity contribution in [2.75, 3.05) is 0 Å². The molecule has 0 atom stereocenters. The van der Waals surface area contributed by atoms with Gasteiger partial charge in [0.2, 0.25) is 5.91 Å². The molecule has 0 saturated heterocycles. The molecule has 0 aliphatic rings. The van der Waals surface area contributed by atoms with Crippen LogP contribution in [0.1, 0.15) is 87.1 Å². The Bertz CT molecular complexity index is 866. The van der Waals surface area contributed by atoms with E-state index in [1.807, 2.05) is 0 Å². The number of rotatable bonds is 14. The summed E-state index contributed by atoms with van der Waals surface area (Å²) in [5.41, 5.74) is 3.15. The van der Waals surface area contributed by atoms with Crippen LogP contribution >= 0.6 is 0 Å². The van der Waals surface area contributed by atoms with Crippen LogP contribution in [-0.4, -0.2) is 18.1 Å². The molecule has 1 N–H and O–H groups in total. The Hall–Kier alpha value is -3.02. The molecule has 0 radical (unpaired) electrons. The molecule has 0 aromatic heterocycles. The molecule has 0 spiro atoms. The van der Waals surface area contributed by atoms with Gasteiger partial charge in [-0.2, -0.15) is 5.10 Å². The number of unbranched alkanes of at least 4 members (excludes halogenated alkanes) is 8. The van der Waals surface area contributed by atoms with E-state index in [1.165, 1.54) is 69.4 Å². The number of carbonyl (C=O) groups is 2. The van der Waals surface area contributed by atoms with Gasteiger partial charge in [0.1, 0.15) is 11.6 Å². The zero-order valence-corrected chi connectivity index (χ0v) is 18.8. The Kier molecular flexibility index (Phi) is 11.7. The molecule has 2 rings (SSSR count). The molecule has 0 unspecified atom stereocenters. The third kappa shape index (κ3) is 9.86. The topological polar surface area (TPSA) is 67.8 Å². The third-order valence-electron chi connectivity index (χ3n) is 5.09. The predicted octanol–water partition coefficient (Wildman–Crippen LogP) is 6.42. The molecular weight excluding hydrogens is 407 g/mol. The monoisotopic (exact) mass is 440 g/mol. The Labute approximate surface area is 190 Å². The summed E-state index contributed by atoms with van der Waals surface area (Å²) in [4.78, 5) is 23.9. The summed E-state index contributed by atoms with van der Waals surface area (Å²) in [5.74, 6) is -1.18. The fourth-order valence-electron chi connectivity index (χ4n) is 3.24. The Morgan fingerprint density at radius 2 is 1.53 bits per heavy atom. The van der Waals surface area contributed by atoms with E-state index in [0.717, 1.165) is 18.4 Å². The highest BCUT2D eigenvalue weighted by Gasteiger charge is 2.13. The van der Waals surface area contributed by atoms with E-state index < -0.39 is 11.8 Å². The summed E-state index contributed by atoms with van der Waals surface area (Å²) in [5, 5.41) is 3.97. The van der Waals surface area contributed by atoms with Crippen molar-refractivity contribution in [3.8, 4) is 5.75 Å². The number of halogens is 1. The number of benzene rings is 2. The minimum absolute atomic E-state index is 0.0976. The SMILES string of the molecule is CCCCCCCCCCCC(=O)NN=Cc1ccc(OC(=O)c2ccccc2F)cc1. The number of hydrazone groups is 1. The maximum absolute atomic E-state index is 13.6. The van der Waals surface area contributed by atoms with Gasteiger partial charge in [0, 0.05) is 6.42 Å². The maximum atomic E-state index is 13.6. The smallest absolute Gasteiger partial charge is 0.346 e. The molecule has 6 heteroatoms. The summed E-state index contributed by atoms with van der Waals surface area (Å²) in [6.07, 6.45) is 12.9. The second kappa shape index (κ2) is 14.9. The average Bonchev–Trinajstić information content (AvgIpc) is 2.79. The van der Waals surface area contributed by atoms with Gasteiger partial charge in [-0.1, -0.05) is 70.4 Å². The molecule has 0 heterocycles. The van der Waals surface area contributed by atoms with Crippen molar-refractivity contribution in [1.29, 1.82) is 0 Å². The van der Waals surface area contributed by atoms with E-state index in [1.54, 1.807) is 30.3 Å². The zero-order valence-electron chi connectivity index (χ0n) is 18.8. The Morgan fingerprint density at radius 3 is 2.19 bits per heavy atom. The summed E-state index contributed by atoms with van der Waals surface area (Å²) < 4.78 is 18.8. The van der Waals surface area contributed by atoms with Crippen LogP contribution in [0.25, 0.3) is 0 Å². The lowest BCUT2D eigenvalue weighted by Gasteiger charge is -2.05. The van der Waals surface area contributed by atoms with Gasteiger partial charge >= 0.3 is 5.97 Å². The van der Waals surface area contributed by atoms with Crippen LogP contribution in [-0.2, 0) is 4.79 Å². The van der Waals surface area contributed by atoms with Crippen LogP contribution in [0.3, 0.4) is 0 Å². The van der Waals surface area contributed by atoms with E-state index in [9.17, 15) is 14.0 Å². The lowest BCUT2D eigenvalue weighted by atomic mass is 10.1. The van der Waals surface area contributed by atoms with Crippen molar-refractivity contribution in [3.05, 3.63) is 65.5 Å². The molecular formula is C26H33FN2O3. The molecule has 0 saturated carbocycles. The van der Waals surface area contributed by atoms with Crippen LogP contribution in [0.15, 0.2) is 53.6 Å². The van der Waals surface area contributed by atoms with Gasteiger partial charge in [0.25, 0.3) is 0 Å². The van der Waals surface area contributed by atoms with Gasteiger partial charge in [-0.05, 0) is 48.4 Å². The molecule has 0 bridgehead atoms. The van der Waals surface area contributed by atoms with Crippen molar-refractivity contribution in [2.45, 2.75) is 71.1 Å². The lowest BCUT2D eigenvalue weighted by Crippen LogP contribution is -2.16. The summed E-state index contributed by atoms with van der Waals surface area (Å²) >= 11 is 0. The van der Waals surface area contributed by atoms with Crippen molar-refractivity contribution in [3.63, 3.8) is 0 Å². The third-order valence-corrected chi connectivity index (χ3v) is 5.09.